The van der Waals surface area contributed by atoms with Gasteiger partial charge in [-0.05, 0) is 30.3 Å². The molecule has 0 atom stereocenters. The molecule has 5 rings (SSSR count). The molecule has 0 amide bonds. The highest BCUT2D eigenvalue weighted by atomic mass is 79.9. The average Bonchev–Trinajstić information content (AvgIpc) is 3.16. The zero-order valence-corrected chi connectivity index (χ0v) is 13.7. The predicted molar refractivity (Wildman–Crippen MR) is 98.1 cm³/mol. The number of para-hydroxylation sites is 1. The van der Waals surface area contributed by atoms with Gasteiger partial charge < -0.3 is 5.10 Å². The van der Waals surface area contributed by atoms with E-state index in [1.165, 1.54) is 10.8 Å². The third-order valence-corrected chi connectivity index (χ3v) is 4.74. The first kappa shape index (κ1) is 12.9. The van der Waals surface area contributed by atoms with Gasteiger partial charge >= 0.3 is 0 Å². The summed E-state index contributed by atoms with van der Waals surface area (Å²) in [6.07, 6.45) is 2.02. The fraction of sp³-hybridized carbons (Fsp3) is 0. The van der Waals surface area contributed by atoms with E-state index in [1.54, 1.807) is 0 Å². The van der Waals surface area contributed by atoms with E-state index in [4.69, 9.17) is 4.98 Å². The van der Waals surface area contributed by atoms with Crippen LogP contribution in [0, 0.1) is 0 Å². The maximum atomic E-state index is 4.88. The Hall–Kier alpha value is -2.59. The normalized spacial score (nSPS) is 11.7. The lowest BCUT2D eigenvalue weighted by molar-refractivity contribution is 0.913. The number of nitrogens with zero attached hydrogens (tertiary/aromatic N) is 2. The van der Waals surface area contributed by atoms with E-state index in [-0.39, 0.29) is 0 Å². The third kappa shape index (κ3) is 1.85. The van der Waals surface area contributed by atoms with Crippen LogP contribution in [0.4, 0.5) is 0 Å². The van der Waals surface area contributed by atoms with Gasteiger partial charge in [0.05, 0.1) is 22.2 Å². The van der Waals surface area contributed by atoms with E-state index in [1.807, 2.05) is 30.5 Å². The Morgan fingerprint density at radius 1 is 0.913 bits per heavy atom. The van der Waals surface area contributed by atoms with E-state index in [0.29, 0.717) is 0 Å². The summed E-state index contributed by atoms with van der Waals surface area (Å²) in [7, 11) is 0. The maximum absolute atomic E-state index is 4.88. The van der Waals surface area contributed by atoms with E-state index in [9.17, 15) is 0 Å². The SMILES string of the molecule is Brc1ccc2nc3c(ccc4c[nH]n(-c5ccccc5)c43)c2c1. The number of fused-ring (bicyclic) bond motifs is 5. The number of hydrogen-bond acceptors (Lipinski definition) is 1. The van der Waals surface area contributed by atoms with Crippen LogP contribution >= 0.6 is 15.9 Å². The number of hydrogen-bond donors (Lipinski definition) is 1. The van der Waals surface area contributed by atoms with Crippen LogP contribution in [0.25, 0.3) is 38.4 Å². The molecule has 0 fully saturated rings. The Kier molecular flexibility index (Phi) is 2.64. The van der Waals surface area contributed by atoms with Gasteiger partial charge in [0.2, 0.25) is 0 Å². The molecular formula is C19H12BrN3. The largest absolute Gasteiger partial charge is 0.300 e. The smallest absolute Gasteiger partial charge is 0.0980 e. The minimum atomic E-state index is 1.02. The van der Waals surface area contributed by atoms with Crippen molar-refractivity contribution in [3.05, 3.63) is 71.3 Å². The number of rotatable bonds is 1. The topological polar surface area (TPSA) is 33.6 Å². The van der Waals surface area contributed by atoms with Crippen molar-refractivity contribution in [2.24, 2.45) is 0 Å². The number of aromatic amines is 1. The van der Waals surface area contributed by atoms with Crippen LogP contribution < -0.4 is 0 Å². The Morgan fingerprint density at radius 3 is 2.65 bits per heavy atom. The predicted octanol–water partition coefficient (Wildman–Crippen LogP) is 5.42. The first-order chi connectivity index (χ1) is 11.3. The summed E-state index contributed by atoms with van der Waals surface area (Å²) >= 11 is 3.56. The Morgan fingerprint density at radius 2 is 1.78 bits per heavy atom. The minimum absolute atomic E-state index is 1.02. The number of nitrogens with one attached hydrogen (secondary N) is 1. The first-order valence-electron chi connectivity index (χ1n) is 7.44. The second-order valence-corrected chi connectivity index (χ2v) is 6.53. The Labute approximate surface area is 140 Å². The monoisotopic (exact) mass is 361 g/mol. The molecule has 4 heteroatoms. The van der Waals surface area contributed by atoms with Crippen LogP contribution in [0.5, 0.6) is 0 Å². The van der Waals surface area contributed by atoms with Crippen molar-refractivity contribution in [1.29, 1.82) is 0 Å². The number of H-pyrrole nitrogens is 1. The van der Waals surface area contributed by atoms with Gasteiger partial charge in [-0.2, -0.15) is 0 Å². The molecule has 0 aliphatic rings. The molecule has 2 heterocycles. The van der Waals surface area contributed by atoms with Crippen molar-refractivity contribution in [3.8, 4) is 5.69 Å². The highest BCUT2D eigenvalue weighted by Crippen LogP contribution is 2.33. The molecule has 0 aliphatic heterocycles. The van der Waals surface area contributed by atoms with Gasteiger partial charge in [0, 0.05) is 26.8 Å². The molecular weight excluding hydrogens is 350 g/mol. The standard InChI is InChI=1S/C19H12BrN3/c20-13-7-9-17-16(10-13)15-8-6-12-11-21-23(19(12)18(15)22-17)14-4-2-1-3-5-14/h1-11,21H. The maximum Gasteiger partial charge on any atom is 0.0980 e. The molecule has 0 spiro atoms. The van der Waals surface area contributed by atoms with Crippen molar-refractivity contribution < 1.29 is 0 Å². The van der Waals surface area contributed by atoms with E-state index >= 15 is 0 Å². The van der Waals surface area contributed by atoms with Gasteiger partial charge in [0.15, 0.2) is 0 Å². The van der Waals surface area contributed by atoms with Gasteiger partial charge in [-0.25, -0.2) is 4.98 Å². The van der Waals surface area contributed by atoms with Crippen LogP contribution in [-0.4, -0.2) is 14.8 Å². The van der Waals surface area contributed by atoms with Crippen molar-refractivity contribution in [3.63, 3.8) is 0 Å². The summed E-state index contributed by atoms with van der Waals surface area (Å²) in [6.45, 7) is 0. The summed E-state index contributed by atoms with van der Waals surface area (Å²) in [6, 6.07) is 20.8. The summed E-state index contributed by atoms with van der Waals surface area (Å²) in [4.78, 5) is 4.88. The quantitative estimate of drug-likeness (QED) is 0.424. The lowest BCUT2D eigenvalue weighted by atomic mass is 10.1. The van der Waals surface area contributed by atoms with Crippen molar-refractivity contribution in [1.82, 2.24) is 14.8 Å². The number of benzene rings is 3. The lowest BCUT2D eigenvalue weighted by Gasteiger charge is -2.05. The molecule has 0 bridgehead atoms. The van der Waals surface area contributed by atoms with Crippen molar-refractivity contribution in [2.75, 3.05) is 0 Å². The van der Waals surface area contributed by atoms with Gasteiger partial charge in [-0.3, -0.25) is 4.68 Å². The molecule has 3 nitrogen and oxygen atoms in total. The molecule has 110 valence electrons. The van der Waals surface area contributed by atoms with Crippen LogP contribution in [0.3, 0.4) is 0 Å². The van der Waals surface area contributed by atoms with Crippen LogP contribution in [0.1, 0.15) is 0 Å². The lowest BCUT2D eigenvalue weighted by Crippen LogP contribution is -1.95. The zero-order chi connectivity index (χ0) is 15.4. The van der Waals surface area contributed by atoms with Gasteiger partial charge in [-0.15, -0.1) is 0 Å². The molecule has 1 N–H and O–H groups in total. The van der Waals surface area contributed by atoms with Crippen LogP contribution in [0.15, 0.2) is 71.3 Å². The second kappa shape index (κ2) is 4.70. The first-order valence-corrected chi connectivity index (χ1v) is 8.24. The van der Waals surface area contributed by atoms with Crippen LogP contribution in [-0.2, 0) is 0 Å². The van der Waals surface area contributed by atoms with Gasteiger partial charge in [0.1, 0.15) is 0 Å². The molecule has 0 saturated carbocycles. The molecule has 0 saturated heterocycles. The van der Waals surface area contributed by atoms with Crippen molar-refractivity contribution >= 4 is 48.6 Å². The van der Waals surface area contributed by atoms with E-state index < -0.39 is 0 Å². The zero-order valence-electron chi connectivity index (χ0n) is 12.1. The minimum Gasteiger partial charge on any atom is -0.300 e. The number of aromatic nitrogens is 3. The summed E-state index contributed by atoms with van der Waals surface area (Å²) in [5.74, 6) is 0. The fourth-order valence-corrected chi connectivity index (χ4v) is 3.56. The molecule has 23 heavy (non-hydrogen) atoms. The fourth-order valence-electron chi connectivity index (χ4n) is 3.20. The van der Waals surface area contributed by atoms with Crippen LogP contribution in [0.2, 0.25) is 0 Å². The summed E-state index contributed by atoms with van der Waals surface area (Å²) in [5.41, 5.74) is 4.27. The Bertz CT molecular complexity index is 1170. The highest BCUT2D eigenvalue weighted by molar-refractivity contribution is 9.10. The third-order valence-electron chi connectivity index (χ3n) is 4.25. The van der Waals surface area contributed by atoms with E-state index in [2.05, 4.69) is 62.1 Å². The average molecular weight is 362 g/mol. The highest BCUT2D eigenvalue weighted by Gasteiger charge is 2.13. The summed E-state index contributed by atoms with van der Waals surface area (Å²) < 4.78 is 3.17. The molecule has 2 aromatic heterocycles. The van der Waals surface area contributed by atoms with E-state index in [0.717, 1.165) is 32.1 Å². The molecule has 5 aromatic rings. The Balaban J connectivity index is 1.95. The summed E-state index contributed by atoms with van der Waals surface area (Å²) in [5, 5.41) is 6.86. The second-order valence-electron chi connectivity index (χ2n) is 5.62. The molecule has 0 aliphatic carbocycles. The molecule has 0 radical (unpaired) electrons. The van der Waals surface area contributed by atoms with Gasteiger partial charge in [0.25, 0.3) is 0 Å². The molecule has 3 aromatic carbocycles. The van der Waals surface area contributed by atoms with Crippen molar-refractivity contribution in [2.45, 2.75) is 0 Å². The van der Waals surface area contributed by atoms with Gasteiger partial charge in [-0.1, -0.05) is 46.3 Å². The number of halogens is 1. The molecule has 0 unspecified atom stereocenters.